The van der Waals surface area contributed by atoms with Crippen LogP contribution in [0.1, 0.15) is 39.0 Å². The van der Waals surface area contributed by atoms with Gasteiger partial charge >= 0.3 is 0 Å². The number of nitrogens with one attached hydrogen (secondary N) is 1. The molecular formula is C13H26N2O4S. The first-order valence-electron chi connectivity index (χ1n) is 7.50. The van der Waals surface area contributed by atoms with Crippen LogP contribution in [0.4, 0.5) is 0 Å². The predicted octanol–water partition coefficient (Wildman–Crippen LogP) is 0.484. The second-order valence-electron chi connectivity index (χ2n) is 5.91. The van der Waals surface area contributed by atoms with Gasteiger partial charge in [0, 0.05) is 19.6 Å². The van der Waals surface area contributed by atoms with E-state index in [1.54, 1.807) is 0 Å². The van der Waals surface area contributed by atoms with Gasteiger partial charge in [-0.2, -0.15) is 17.4 Å². The molecule has 2 aliphatic rings. The lowest BCUT2D eigenvalue weighted by Crippen LogP contribution is -2.51. The summed E-state index contributed by atoms with van der Waals surface area (Å²) >= 11 is 0. The van der Waals surface area contributed by atoms with Crippen molar-refractivity contribution < 1.29 is 18.3 Å². The van der Waals surface area contributed by atoms with Gasteiger partial charge in [-0.05, 0) is 31.6 Å². The molecule has 1 aliphatic carbocycles. The smallest absolute Gasteiger partial charge is 0.279 e. The molecule has 6 nitrogen and oxygen atoms in total. The fraction of sp³-hybridized carbons (Fsp3) is 1.00. The molecule has 0 amide bonds. The van der Waals surface area contributed by atoms with Gasteiger partial charge in [0.15, 0.2) is 0 Å². The molecule has 0 radical (unpaired) electrons. The highest BCUT2D eigenvalue weighted by molar-refractivity contribution is 7.87. The second kappa shape index (κ2) is 6.70. The molecule has 0 aromatic carbocycles. The fourth-order valence-corrected chi connectivity index (χ4v) is 4.17. The van der Waals surface area contributed by atoms with Crippen LogP contribution in [0.25, 0.3) is 0 Å². The van der Waals surface area contributed by atoms with Crippen molar-refractivity contribution in [1.82, 2.24) is 9.03 Å². The molecule has 0 atom stereocenters. The molecule has 0 bridgehead atoms. The maximum absolute atomic E-state index is 12.1. The molecular weight excluding hydrogens is 280 g/mol. The highest BCUT2D eigenvalue weighted by Crippen LogP contribution is 2.33. The minimum atomic E-state index is -3.50. The minimum Gasteiger partial charge on any atom is -0.389 e. The maximum Gasteiger partial charge on any atom is 0.279 e. The zero-order chi connectivity index (χ0) is 14.6. The maximum atomic E-state index is 12.1. The quantitative estimate of drug-likeness (QED) is 0.774. The molecule has 1 aliphatic heterocycles. The highest BCUT2D eigenvalue weighted by Gasteiger charge is 2.34. The Morgan fingerprint density at radius 1 is 1.30 bits per heavy atom. The number of nitrogens with zero attached hydrogens (tertiary/aromatic N) is 1. The van der Waals surface area contributed by atoms with Crippen LogP contribution in [0.2, 0.25) is 0 Å². The van der Waals surface area contributed by atoms with Gasteiger partial charge in [0.1, 0.15) is 0 Å². The van der Waals surface area contributed by atoms with E-state index in [0.717, 1.165) is 19.3 Å². The van der Waals surface area contributed by atoms with Gasteiger partial charge < -0.3 is 9.84 Å². The molecule has 1 heterocycles. The van der Waals surface area contributed by atoms with Crippen molar-refractivity contribution >= 4 is 10.2 Å². The average Bonchev–Trinajstić information content (AvgIpc) is 2.47. The number of hydrogen-bond acceptors (Lipinski definition) is 4. The van der Waals surface area contributed by atoms with Crippen LogP contribution in [-0.2, 0) is 14.9 Å². The molecule has 0 unspecified atom stereocenters. The van der Waals surface area contributed by atoms with Gasteiger partial charge in [-0.25, -0.2) is 0 Å². The van der Waals surface area contributed by atoms with E-state index in [1.807, 2.05) is 0 Å². The van der Waals surface area contributed by atoms with Crippen molar-refractivity contribution in [2.75, 3.05) is 32.8 Å². The normalized spacial score (nSPS) is 33.2. The van der Waals surface area contributed by atoms with Crippen LogP contribution in [0.3, 0.4) is 0 Å². The zero-order valence-corrected chi connectivity index (χ0v) is 13.0. The Labute approximate surface area is 121 Å². The topological polar surface area (TPSA) is 78.9 Å². The summed E-state index contributed by atoms with van der Waals surface area (Å²) in [5.41, 5.74) is -0.884. The third-order valence-corrected chi connectivity index (χ3v) is 6.06. The lowest BCUT2D eigenvalue weighted by atomic mass is 9.78. The van der Waals surface area contributed by atoms with Gasteiger partial charge in [-0.15, -0.1) is 0 Å². The van der Waals surface area contributed by atoms with Crippen molar-refractivity contribution in [3.63, 3.8) is 0 Å². The Morgan fingerprint density at radius 3 is 2.45 bits per heavy atom. The molecule has 2 N–H and O–H groups in total. The standard InChI is InChI=1S/C13H26N2O4S/c1-2-12-3-5-13(16,6-4-12)11-14-20(17,18)15-7-9-19-10-8-15/h12,14,16H,2-11H2,1H3. The third kappa shape index (κ3) is 4.14. The van der Waals surface area contributed by atoms with E-state index in [1.165, 1.54) is 4.31 Å². The molecule has 7 heteroatoms. The molecule has 1 saturated heterocycles. The summed E-state index contributed by atoms with van der Waals surface area (Å²) in [5, 5.41) is 10.5. The first kappa shape index (κ1) is 16.2. The number of morpholine rings is 1. The van der Waals surface area contributed by atoms with Crippen molar-refractivity contribution in [3.05, 3.63) is 0 Å². The van der Waals surface area contributed by atoms with Crippen LogP contribution >= 0.6 is 0 Å². The molecule has 0 aromatic heterocycles. The number of ether oxygens (including phenoxy) is 1. The van der Waals surface area contributed by atoms with Crippen LogP contribution in [-0.4, -0.2) is 56.3 Å². The largest absolute Gasteiger partial charge is 0.389 e. The summed E-state index contributed by atoms with van der Waals surface area (Å²) in [5.74, 6) is 0.672. The Kier molecular flexibility index (Phi) is 5.42. The predicted molar refractivity (Wildman–Crippen MR) is 76.5 cm³/mol. The molecule has 1 saturated carbocycles. The lowest BCUT2D eigenvalue weighted by Gasteiger charge is -2.36. The summed E-state index contributed by atoms with van der Waals surface area (Å²) in [6.45, 7) is 3.91. The van der Waals surface area contributed by atoms with Crippen molar-refractivity contribution in [3.8, 4) is 0 Å². The highest BCUT2D eigenvalue weighted by atomic mass is 32.2. The van der Waals surface area contributed by atoms with Gasteiger partial charge in [0.2, 0.25) is 0 Å². The summed E-state index contributed by atoms with van der Waals surface area (Å²) in [6.07, 6.45) is 4.45. The molecule has 0 spiro atoms. The molecule has 118 valence electrons. The average molecular weight is 306 g/mol. The van der Waals surface area contributed by atoms with Crippen LogP contribution in [0.15, 0.2) is 0 Å². The van der Waals surface area contributed by atoms with Gasteiger partial charge in [-0.1, -0.05) is 13.3 Å². The van der Waals surface area contributed by atoms with Crippen molar-refractivity contribution in [2.45, 2.75) is 44.6 Å². The SMILES string of the molecule is CCC1CCC(O)(CNS(=O)(=O)N2CCOCC2)CC1. The first-order chi connectivity index (χ1) is 9.45. The zero-order valence-electron chi connectivity index (χ0n) is 12.2. The summed E-state index contributed by atoms with van der Waals surface area (Å²) < 4.78 is 33.4. The van der Waals surface area contributed by atoms with E-state index < -0.39 is 15.8 Å². The summed E-state index contributed by atoms with van der Waals surface area (Å²) in [7, 11) is -3.50. The van der Waals surface area contributed by atoms with Crippen LogP contribution in [0, 0.1) is 5.92 Å². The monoisotopic (exact) mass is 306 g/mol. The Hall–Kier alpha value is -0.210. The summed E-state index contributed by atoms with van der Waals surface area (Å²) in [6, 6.07) is 0. The first-order valence-corrected chi connectivity index (χ1v) is 8.94. The molecule has 20 heavy (non-hydrogen) atoms. The van der Waals surface area contributed by atoms with E-state index in [9.17, 15) is 13.5 Å². The van der Waals surface area contributed by atoms with Gasteiger partial charge in [0.25, 0.3) is 10.2 Å². The number of rotatable bonds is 5. The van der Waals surface area contributed by atoms with Gasteiger partial charge in [0.05, 0.1) is 18.8 Å². The van der Waals surface area contributed by atoms with Crippen LogP contribution in [0.5, 0.6) is 0 Å². The molecule has 2 rings (SSSR count). The molecule has 2 fully saturated rings. The molecule has 0 aromatic rings. The van der Waals surface area contributed by atoms with E-state index in [-0.39, 0.29) is 6.54 Å². The third-order valence-electron chi connectivity index (χ3n) is 4.51. The van der Waals surface area contributed by atoms with Gasteiger partial charge in [-0.3, -0.25) is 0 Å². The summed E-state index contributed by atoms with van der Waals surface area (Å²) in [4.78, 5) is 0. The fourth-order valence-electron chi connectivity index (χ4n) is 2.90. The lowest BCUT2D eigenvalue weighted by molar-refractivity contribution is -0.00498. The minimum absolute atomic E-state index is 0.114. The van der Waals surface area contributed by atoms with E-state index in [4.69, 9.17) is 4.74 Å². The van der Waals surface area contributed by atoms with Crippen molar-refractivity contribution in [1.29, 1.82) is 0 Å². The van der Waals surface area contributed by atoms with Crippen LogP contribution < -0.4 is 4.72 Å². The van der Waals surface area contributed by atoms with Crippen molar-refractivity contribution in [2.24, 2.45) is 5.92 Å². The Morgan fingerprint density at radius 2 is 1.90 bits per heavy atom. The van der Waals surface area contributed by atoms with E-state index in [0.29, 0.717) is 45.1 Å². The number of hydrogen-bond donors (Lipinski definition) is 2. The Balaban J connectivity index is 1.84. The number of aliphatic hydroxyl groups is 1. The van der Waals surface area contributed by atoms with E-state index in [2.05, 4.69) is 11.6 Å². The Bertz CT molecular complexity index is 399. The van der Waals surface area contributed by atoms with E-state index >= 15 is 0 Å². The second-order valence-corrected chi connectivity index (χ2v) is 7.67.